The Kier molecular flexibility index (Phi) is 3.34. The Morgan fingerprint density at radius 2 is 2.00 bits per heavy atom. The first-order valence-corrected chi connectivity index (χ1v) is 5.31. The second kappa shape index (κ2) is 4.12. The standard InChI is InChI=1S/C11H21NO/c1-7(2)9-5-4-8(3)6-10(9)11(12)13/h7-10H,4-6H2,1-3H3,(H2,12,13)/t8-,9-,10-/m1/s1. The van der Waals surface area contributed by atoms with Crippen LogP contribution in [0.5, 0.6) is 0 Å². The fraction of sp³-hybridized carbons (Fsp3) is 0.909. The van der Waals surface area contributed by atoms with Gasteiger partial charge in [0.05, 0.1) is 0 Å². The second-order valence-electron chi connectivity index (χ2n) is 4.83. The minimum absolute atomic E-state index is 0.0924. The van der Waals surface area contributed by atoms with Crippen LogP contribution in [-0.2, 0) is 4.79 Å². The zero-order valence-corrected chi connectivity index (χ0v) is 8.92. The summed E-state index contributed by atoms with van der Waals surface area (Å²) in [7, 11) is 0. The largest absolute Gasteiger partial charge is 0.369 e. The molecule has 0 bridgehead atoms. The van der Waals surface area contributed by atoms with Gasteiger partial charge in [-0.1, -0.05) is 27.2 Å². The molecule has 0 heterocycles. The zero-order valence-electron chi connectivity index (χ0n) is 8.92. The van der Waals surface area contributed by atoms with E-state index in [9.17, 15) is 4.79 Å². The van der Waals surface area contributed by atoms with E-state index in [2.05, 4.69) is 20.8 Å². The van der Waals surface area contributed by atoms with E-state index in [-0.39, 0.29) is 11.8 Å². The highest BCUT2D eigenvalue weighted by atomic mass is 16.1. The van der Waals surface area contributed by atoms with Crippen LogP contribution in [0.1, 0.15) is 40.0 Å². The molecule has 0 unspecified atom stereocenters. The fourth-order valence-corrected chi connectivity index (χ4v) is 2.53. The molecule has 2 nitrogen and oxygen atoms in total. The van der Waals surface area contributed by atoms with Gasteiger partial charge in [0.2, 0.25) is 5.91 Å². The molecule has 2 heteroatoms. The van der Waals surface area contributed by atoms with Gasteiger partial charge in [0.1, 0.15) is 0 Å². The van der Waals surface area contributed by atoms with E-state index in [4.69, 9.17) is 5.73 Å². The molecule has 2 N–H and O–H groups in total. The Labute approximate surface area is 80.9 Å². The fourth-order valence-electron chi connectivity index (χ4n) is 2.53. The van der Waals surface area contributed by atoms with Crippen LogP contribution in [-0.4, -0.2) is 5.91 Å². The van der Waals surface area contributed by atoms with Crippen molar-refractivity contribution in [2.45, 2.75) is 40.0 Å². The minimum Gasteiger partial charge on any atom is -0.369 e. The first kappa shape index (κ1) is 10.6. The van der Waals surface area contributed by atoms with Crippen LogP contribution in [0.3, 0.4) is 0 Å². The topological polar surface area (TPSA) is 43.1 Å². The number of carbonyl (C=O) groups is 1. The summed E-state index contributed by atoms with van der Waals surface area (Å²) in [5.41, 5.74) is 5.42. The predicted molar refractivity (Wildman–Crippen MR) is 54.0 cm³/mol. The van der Waals surface area contributed by atoms with E-state index in [1.807, 2.05) is 0 Å². The van der Waals surface area contributed by atoms with E-state index in [1.165, 1.54) is 12.8 Å². The van der Waals surface area contributed by atoms with E-state index >= 15 is 0 Å². The van der Waals surface area contributed by atoms with Gasteiger partial charge < -0.3 is 5.73 Å². The van der Waals surface area contributed by atoms with Crippen molar-refractivity contribution in [3.05, 3.63) is 0 Å². The molecule has 76 valence electrons. The summed E-state index contributed by atoms with van der Waals surface area (Å²) in [6, 6.07) is 0. The summed E-state index contributed by atoms with van der Waals surface area (Å²) < 4.78 is 0. The molecule has 0 aromatic heterocycles. The molecular formula is C11H21NO. The molecule has 0 aromatic rings. The van der Waals surface area contributed by atoms with Crippen molar-refractivity contribution in [1.29, 1.82) is 0 Å². The van der Waals surface area contributed by atoms with Gasteiger partial charge in [0, 0.05) is 5.92 Å². The molecule has 3 atom stereocenters. The molecule has 0 radical (unpaired) electrons. The Morgan fingerprint density at radius 1 is 1.38 bits per heavy atom. The lowest BCUT2D eigenvalue weighted by Crippen LogP contribution is -2.37. The summed E-state index contributed by atoms with van der Waals surface area (Å²) in [6.07, 6.45) is 3.43. The van der Waals surface area contributed by atoms with Gasteiger partial charge in [-0.2, -0.15) is 0 Å². The lowest BCUT2D eigenvalue weighted by Gasteiger charge is -2.35. The third-order valence-corrected chi connectivity index (χ3v) is 3.39. The molecule has 1 saturated carbocycles. The highest BCUT2D eigenvalue weighted by molar-refractivity contribution is 5.77. The Bertz CT molecular complexity index is 189. The van der Waals surface area contributed by atoms with Gasteiger partial charge in [-0.05, 0) is 30.6 Å². The number of hydrogen-bond acceptors (Lipinski definition) is 1. The van der Waals surface area contributed by atoms with Crippen LogP contribution in [0, 0.1) is 23.7 Å². The third-order valence-electron chi connectivity index (χ3n) is 3.39. The number of amides is 1. The SMILES string of the molecule is CC(C)[C@H]1CC[C@@H](C)C[C@H]1C(N)=O. The van der Waals surface area contributed by atoms with Crippen LogP contribution in [0.15, 0.2) is 0 Å². The molecule has 1 amide bonds. The molecule has 13 heavy (non-hydrogen) atoms. The van der Waals surface area contributed by atoms with Crippen LogP contribution < -0.4 is 5.73 Å². The molecule has 0 spiro atoms. The Hall–Kier alpha value is -0.530. The van der Waals surface area contributed by atoms with E-state index in [0.717, 1.165) is 6.42 Å². The number of rotatable bonds is 2. The maximum absolute atomic E-state index is 11.2. The highest BCUT2D eigenvalue weighted by Gasteiger charge is 2.33. The van der Waals surface area contributed by atoms with Crippen molar-refractivity contribution < 1.29 is 4.79 Å². The molecule has 0 aliphatic heterocycles. The normalized spacial score (nSPS) is 34.9. The predicted octanol–water partition coefficient (Wildman–Crippen LogP) is 2.18. The van der Waals surface area contributed by atoms with E-state index in [1.54, 1.807) is 0 Å². The molecule has 1 aliphatic carbocycles. The van der Waals surface area contributed by atoms with Crippen molar-refractivity contribution in [2.24, 2.45) is 29.4 Å². The monoisotopic (exact) mass is 183 g/mol. The number of nitrogens with two attached hydrogens (primary N) is 1. The summed E-state index contributed by atoms with van der Waals surface area (Å²) in [5.74, 6) is 1.82. The van der Waals surface area contributed by atoms with Crippen LogP contribution in [0.2, 0.25) is 0 Å². The van der Waals surface area contributed by atoms with Crippen LogP contribution in [0.4, 0.5) is 0 Å². The summed E-state index contributed by atoms with van der Waals surface area (Å²) >= 11 is 0. The van der Waals surface area contributed by atoms with Crippen LogP contribution in [0.25, 0.3) is 0 Å². The van der Waals surface area contributed by atoms with Crippen molar-refractivity contribution in [2.75, 3.05) is 0 Å². The second-order valence-corrected chi connectivity index (χ2v) is 4.83. The number of carbonyl (C=O) groups excluding carboxylic acids is 1. The first-order chi connectivity index (χ1) is 6.02. The average molecular weight is 183 g/mol. The maximum atomic E-state index is 11.2. The van der Waals surface area contributed by atoms with Gasteiger partial charge in [-0.15, -0.1) is 0 Å². The molecule has 0 saturated heterocycles. The van der Waals surface area contributed by atoms with Crippen molar-refractivity contribution >= 4 is 5.91 Å². The lowest BCUT2D eigenvalue weighted by atomic mass is 9.70. The molecule has 1 rings (SSSR count). The number of hydrogen-bond donors (Lipinski definition) is 1. The smallest absolute Gasteiger partial charge is 0.220 e. The Balaban J connectivity index is 2.66. The van der Waals surface area contributed by atoms with Gasteiger partial charge in [-0.25, -0.2) is 0 Å². The van der Waals surface area contributed by atoms with E-state index in [0.29, 0.717) is 17.8 Å². The van der Waals surface area contributed by atoms with Gasteiger partial charge in [0.15, 0.2) is 0 Å². The number of primary amides is 1. The van der Waals surface area contributed by atoms with Crippen molar-refractivity contribution in [1.82, 2.24) is 0 Å². The summed E-state index contributed by atoms with van der Waals surface area (Å²) in [6.45, 7) is 6.60. The Morgan fingerprint density at radius 3 is 2.46 bits per heavy atom. The third kappa shape index (κ3) is 2.45. The van der Waals surface area contributed by atoms with Crippen LogP contribution >= 0.6 is 0 Å². The molecule has 1 fully saturated rings. The molecule has 1 aliphatic rings. The van der Waals surface area contributed by atoms with E-state index < -0.39 is 0 Å². The quantitative estimate of drug-likeness (QED) is 0.700. The average Bonchev–Trinajstić information content (AvgIpc) is 2.03. The van der Waals surface area contributed by atoms with Gasteiger partial charge in [-0.3, -0.25) is 4.79 Å². The lowest BCUT2D eigenvalue weighted by molar-refractivity contribution is -0.125. The first-order valence-electron chi connectivity index (χ1n) is 5.31. The summed E-state index contributed by atoms with van der Waals surface area (Å²) in [5, 5.41) is 0. The zero-order chi connectivity index (χ0) is 10.0. The summed E-state index contributed by atoms with van der Waals surface area (Å²) in [4.78, 5) is 11.2. The van der Waals surface area contributed by atoms with Gasteiger partial charge in [0.25, 0.3) is 0 Å². The van der Waals surface area contributed by atoms with Crippen molar-refractivity contribution in [3.63, 3.8) is 0 Å². The molecular weight excluding hydrogens is 162 g/mol. The maximum Gasteiger partial charge on any atom is 0.220 e. The van der Waals surface area contributed by atoms with Gasteiger partial charge >= 0.3 is 0 Å². The molecule has 0 aromatic carbocycles. The highest BCUT2D eigenvalue weighted by Crippen LogP contribution is 2.37. The van der Waals surface area contributed by atoms with Crippen molar-refractivity contribution in [3.8, 4) is 0 Å². The minimum atomic E-state index is -0.0924.